The minimum atomic E-state index is 0. The molecule has 0 spiro atoms. The molecule has 0 heterocycles. The van der Waals surface area contributed by atoms with Crippen molar-refractivity contribution in [3.63, 3.8) is 0 Å². The molecule has 0 atom stereocenters. The fourth-order valence-electron chi connectivity index (χ4n) is 1.14. The molecule has 0 N–H and O–H groups in total. The molecule has 0 aliphatic heterocycles. The van der Waals surface area contributed by atoms with Gasteiger partial charge in [-0.3, -0.25) is 0 Å². The molecule has 1 fully saturated rings. The summed E-state index contributed by atoms with van der Waals surface area (Å²) in [6.45, 7) is 3.71. The SMILES string of the molecule is C=C[CH2][Ni][CH]1CCCC1.Cl. The Balaban J connectivity index is 0.000000810. The van der Waals surface area contributed by atoms with Crippen LogP contribution in [0.1, 0.15) is 25.7 Å². The van der Waals surface area contributed by atoms with E-state index in [-0.39, 0.29) is 12.4 Å². The summed E-state index contributed by atoms with van der Waals surface area (Å²) in [5, 5.41) is 1.16. The third-order valence-corrected chi connectivity index (χ3v) is 3.26. The standard InChI is InChI=1S/C5H9.C3H5.ClH.Ni/c1-2-4-5-3-1;1-3-2;;/h1H,2-5H2;3H,1-2H2;1H;. The van der Waals surface area contributed by atoms with E-state index in [0.717, 1.165) is 10.3 Å². The summed E-state index contributed by atoms with van der Waals surface area (Å²) in [6, 6.07) is 0. The van der Waals surface area contributed by atoms with Crippen LogP contribution in [0.3, 0.4) is 0 Å². The van der Waals surface area contributed by atoms with Crippen molar-refractivity contribution in [2.24, 2.45) is 0 Å². The molecule has 0 amide bonds. The maximum absolute atomic E-state index is 3.71. The summed E-state index contributed by atoms with van der Waals surface area (Å²) < 4.78 is 0. The van der Waals surface area contributed by atoms with Gasteiger partial charge in [0.25, 0.3) is 0 Å². The summed E-state index contributed by atoms with van der Waals surface area (Å²) in [4.78, 5) is 0.982. The van der Waals surface area contributed by atoms with Crippen LogP contribution in [0.25, 0.3) is 0 Å². The third-order valence-electron chi connectivity index (χ3n) is 1.60. The van der Waals surface area contributed by atoms with Gasteiger partial charge in [-0.2, -0.15) is 0 Å². The van der Waals surface area contributed by atoms with Gasteiger partial charge in [-0.1, -0.05) is 0 Å². The van der Waals surface area contributed by atoms with E-state index in [1.54, 1.807) is 0 Å². The molecule has 2 heteroatoms. The van der Waals surface area contributed by atoms with Crippen LogP contribution in [0.4, 0.5) is 0 Å². The van der Waals surface area contributed by atoms with E-state index < -0.39 is 0 Å². The molecule has 0 saturated heterocycles. The van der Waals surface area contributed by atoms with Gasteiger partial charge in [0.2, 0.25) is 0 Å². The Morgan fingerprint density at radius 2 is 2.00 bits per heavy atom. The van der Waals surface area contributed by atoms with Crippen molar-refractivity contribution in [1.29, 1.82) is 0 Å². The van der Waals surface area contributed by atoms with Crippen LogP contribution in [0.15, 0.2) is 12.7 Å². The number of hydrogen-bond donors (Lipinski definition) is 0. The van der Waals surface area contributed by atoms with Crippen molar-refractivity contribution in [3.05, 3.63) is 12.7 Å². The van der Waals surface area contributed by atoms with Crippen molar-refractivity contribution in [2.75, 3.05) is 0 Å². The average Bonchev–Trinajstić information content (AvgIpc) is 2.34. The van der Waals surface area contributed by atoms with Gasteiger partial charge in [-0.25, -0.2) is 0 Å². The first-order valence-electron chi connectivity index (χ1n) is 3.54. The van der Waals surface area contributed by atoms with Crippen LogP contribution < -0.4 is 0 Å². The molecule has 1 saturated carbocycles. The zero-order chi connectivity index (χ0) is 6.53. The second-order valence-electron chi connectivity index (χ2n) is 2.38. The van der Waals surface area contributed by atoms with E-state index in [1.165, 1.54) is 25.7 Å². The molecule has 1 aliphatic rings. The van der Waals surface area contributed by atoms with Crippen LogP contribution >= 0.6 is 12.4 Å². The van der Waals surface area contributed by atoms with Gasteiger partial charge >= 0.3 is 63.1 Å². The first-order valence-corrected chi connectivity index (χ1v) is 4.81. The fourth-order valence-corrected chi connectivity index (χ4v) is 2.44. The van der Waals surface area contributed by atoms with Crippen molar-refractivity contribution in [2.45, 2.75) is 36.0 Å². The fraction of sp³-hybridized carbons (Fsp3) is 0.750. The molecule has 0 aromatic heterocycles. The average molecular weight is 205 g/mol. The van der Waals surface area contributed by atoms with Crippen LogP contribution in [0, 0.1) is 0 Å². The Hall–Kier alpha value is 0.524. The normalized spacial score (nSPS) is 18.8. The van der Waals surface area contributed by atoms with Crippen LogP contribution in [0.5, 0.6) is 0 Å². The predicted octanol–water partition coefficient (Wildman–Crippen LogP) is 3.46. The zero-order valence-corrected chi connectivity index (χ0v) is 7.93. The van der Waals surface area contributed by atoms with E-state index in [2.05, 4.69) is 6.58 Å². The summed E-state index contributed by atoms with van der Waals surface area (Å²) in [5.74, 6) is 0. The summed E-state index contributed by atoms with van der Waals surface area (Å²) >= 11 is 1.90. The number of halogens is 1. The Morgan fingerprint density at radius 1 is 1.40 bits per heavy atom. The number of hydrogen-bond acceptors (Lipinski definition) is 0. The van der Waals surface area contributed by atoms with Gasteiger partial charge in [-0.05, 0) is 0 Å². The van der Waals surface area contributed by atoms with Crippen molar-refractivity contribution >= 4 is 12.4 Å². The minimum absolute atomic E-state index is 0. The molecular formula is C8H15ClNi. The smallest absolute Gasteiger partial charge is 0.147 e. The molecule has 10 heavy (non-hydrogen) atoms. The largest absolute Gasteiger partial charge is 0.147 e. The van der Waals surface area contributed by atoms with Crippen molar-refractivity contribution < 1.29 is 14.4 Å². The van der Waals surface area contributed by atoms with Gasteiger partial charge in [0.15, 0.2) is 0 Å². The Bertz CT molecular complexity index is 87.3. The third kappa shape index (κ3) is 3.63. The Morgan fingerprint density at radius 3 is 2.50 bits per heavy atom. The van der Waals surface area contributed by atoms with Gasteiger partial charge in [0.1, 0.15) is 0 Å². The second kappa shape index (κ2) is 6.25. The van der Waals surface area contributed by atoms with E-state index in [0.29, 0.717) is 0 Å². The molecule has 0 nitrogen and oxygen atoms in total. The van der Waals surface area contributed by atoms with E-state index in [4.69, 9.17) is 0 Å². The van der Waals surface area contributed by atoms with Gasteiger partial charge in [0.05, 0.1) is 0 Å². The summed E-state index contributed by atoms with van der Waals surface area (Å²) in [6.07, 6.45) is 7.83. The maximum atomic E-state index is 3.71. The zero-order valence-electron chi connectivity index (χ0n) is 6.12. The predicted molar refractivity (Wildman–Crippen MR) is 44.5 cm³/mol. The summed E-state index contributed by atoms with van der Waals surface area (Å²) in [7, 11) is 0. The van der Waals surface area contributed by atoms with Crippen LogP contribution in [0.2, 0.25) is 10.3 Å². The molecule has 1 aliphatic carbocycles. The van der Waals surface area contributed by atoms with Gasteiger partial charge < -0.3 is 0 Å². The molecule has 0 unspecified atom stereocenters. The van der Waals surface area contributed by atoms with E-state index >= 15 is 0 Å². The molecule has 0 aromatic carbocycles. The second-order valence-corrected chi connectivity index (χ2v) is 3.99. The Labute approximate surface area is 75.7 Å². The van der Waals surface area contributed by atoms with Gasteiger partial charge in [0, 0.05) is 0 Å². The maximum Gasteiger partial charge on any atom is -0.147 e. The summed E-state index contributed by atoms with van der Waals surface area (Å²) in [5.41, 5.74) is 0. The van der Waals surface area contributed by atoms with Crippen molar-refractivity contribution in [3.8, 4) is 0 Å². The molecular weight excluding hydrogens is 190 g/mol. The molecule has 0 bridgehead atoms. The first-order chi connectivity index (χ1) is 4.43. The van der Waals surface area contributed by atoms with E-state index in [1.807, 2.05) is 20.5 Å². The topological polar surface area (TPSA) is 0 Å². The van der Waals surface area contributed by atoms with Crippen LogP contribution in [-0.2, 0) is 14.4 Å². The molecule has 0 radical (unpaired) electrons. The molecule has 64 valence electrons. The monoisotopic (exact) mass is 204 g/mol. The molecule has 1 rings (SSSR count). The number of allylic oxidation sites excluding steroid dienone is 1. The first kappa shape index (κ1) is 10.5. The molecule has 0 aromatic rings. The number of rotatable bonds is 3. The quantitative estimate of drug-likeness (QED) is 0.489. The van der Waals surface area contributed by atoms with Gasteiger partial charge in [-0.15, -0.1) is 12.4 Å². The van der Waals surface area contributed by atoms with E-state index in [9.17, 15) is 0 Å². The van der Waals surface area contributed by atoms with Crippen LogP contribution in [-0.4, -0.2) is 0 Å². The minimum Gasteiger partial charge on any atom is -0.147 e. The Kier molecular flexibility index (Phi) is 6.57. The van der Waals surface area contributed by atoms with Crippen molar-refractivity contribution in [1.82, 2.24) is 0 Å².